The van der Waals surface area contributed by atoms with Crippen molar-refractivity contribution in [1.82, 2.24) is 19.3 Å². The van der Waals surface area contributed by atoms with E-state index < -0.39 is 0 Å². The van der Waals surface area contributed by atoms with Crippen molar-refractivity contribution in [2.75, 3.05) is 5.75 Å². The molecule has 0 unspecified atom stereocenters. The molecule has 1 N–H and O–H groups in total. The number of hydrogen-bond donors (Lipinski definition) is 1. The number of rotatable bonds is 7. The molecule has 0 aliphatic rings. The van der Waals surface area contributed by atoms with Gasteiger partial charge in [0.25, 0.3) is 0 Å². The minimum absolute atomic E-state index is 0.0524. The summed E-state index contributed by atoms with van der Waals surface area (Å²) in [5.74, 6) is 0.688. The van der Waals surface area contributed by atoms with Crippen LogP contribution in [0, 0.1) is 6.92 Å². The van der Waals surface area contributed by atoms with Crippen molar-refractivity contribution in [2.45, 2.75) is 31.6 Å². The molecule has 2 aromatic heterocycles. The average Bonchev–Trinajstić information content (AvgIpc) is 3.10. The molecule has 0 aliphatic carbocycles. The molecule has 0 radical (unpaired) electrons. The van der Waals surface area contributed by atoms with E-state index in [2.05, 4.69) is 10.2 Å². The Bertz CT molecular complexity index is 908. The number of hydrogen-bond acceptors (Lipinski definition) is 5. The second-order valence-corrected chi connectivity index (χ2v) is 7.22. The number of thioether (sulfide) groups is 1. The summed E-state index contributed by atoms with van der Waals surface area (Å²) in [5.41, 5.74) is 1.95. The van der Waals surface area contributed by atoms with Crippen LogP contribution in [0.5, 0.6) is 0 Å². The molecule has 0 saturated carbocycles. The van der Waals surface area contributed by atoms with Gasteiger partial charge in [-0.1, -0.05) is 53.4 Å². The van der Waals surface area contributed by atoms with Gasteiger partial charge in [-0.15, -0.1) is 5.10 Å². The molecule has 0 fully saturated rings. The lowest BCUT2D eigenvalue weighted by molar-refractivity contribution is 0.615. The third-order valence-corrected chi connectivity index (χ3v) is 5.55. The zero-order valence-corrected chi connectivity index (χ0v) is 14.9. The van der Waals surface area contributed by atoms with Crippen molar-refractivity contribution >= 4 is 23.1 Å². The topological polar surface area (TPSA) is 72.7 Å². The Balaban J connectivity index is 1.62. The normalized spacial score (nSPS) is 11.0. The van der Waals surface area contributed by atoms with E-state index in [-0.39, 0.29) is 10.6 Å². The first-order chi connectivity index (χ1) is 11.6. The van der Waals surface area contributed by atoms with Crippen LogP contribution in [0.1, 0.15) is 11.3 Å². The molecule has 126 valence electrons. The molecular formula is C16H18N4O2S2. The zero-order valence-electron chi connectivity index (χ0n) is 13.3. The summed E-state index contributed by atoms with van der Waals surface area (Å²) in [7, 11) is 0. The fourth-order valence-electron chi connectivity index (χ4n) is 2.40. The molecule has 0 amide bonds. The molecule has 0 aliphatic heterocycles. The first-order valence-electron chi connectivity index (χ1n) is 7.62. The first-order valence-corrected chi connectivity index (χ1v) is 9.48. The van der Waals surface area contributed by atoms with E-state index in [1.54, 1.807) is 9.13 Å². The fraction of sp³-hybridized carbons (Fsp3) is 0.312. The van der Waals surface area contributed by atoms with Gasteiger partial charge >= 0.3 is 10.6 Å². The van der Waals surface area contributed by atoms with Crippen molar-refractivity contribution in [1.29, 1.82) is 0 Å². The monoisotopic (exact) mass is 362 g/mol. The summed E-state index contributed by atoms with van der Waals surface area (Å²) >= 11 is 2.70. The van der Waals surface area contributed by atoms with E-state index in [1.807, 2.05) is 42.6 Å². The molecule has 3 aromatic rings. The number of aryl methyl sites for hydroxylation is 2. The Morgan fingerprint density at radius 3 is 2.67 bits per heavy atom. The molecule has 8 heteroatoms. The Labute approximate surface area is 147 Å². The lowest BCUT2D eigenvalue weighted by atomic mass is 10.1. The highest BCUT2D eigenvalue weighted by Crippen LogP contribution is 2.14. The van der Waals surface area contributed by atoms with Gasteiger partial charge in [0.05, 0.1) is 0 Å². The molecule has 1 aromatic carbocycles. The van der Waals surface area contributed by atoms with Crippen LogP contribution in [0.15, 0.2) is 50.5 Å². The summed E-state index contributed by atoms with van der Waals surface area (Å²) in [5, 5.41) is 9.13. The van der Waals surface area contributed by atoms with E-state index in [1.165, 1.54) is 28.7 Å². The van der Waals surface area contributed by atoms with E-state index in [9.17, 15) is 9.59 Å². The van der Waals surface area contributed by atoms with E-state index in [0.717, 1.165) is 12.1 Å². The van der Waals surface area contributed by atoms with Crippen molar-refractivity contribution in [3.8, 4) is 0 Å². The molecule has 24 heavy (non-hydrogen) atoms. The number of aromatic amines is 1. The van der Waals surface area contributed by atoms with Gasteiger partial charge < -0.3 is 4.57 Å². The van der Waals surface area contributed by atoms with Crippen molar-refractivity contribution < 1.29 is 0 Å². The van der Waals surface area contributed by atoms with Gasteiger partial charge in [0, 0.05) is 29.9 Å². The summed E-state index contributed by atoms with van der Waals surface area (Å²) in [4.78, 5) is 23.7. The Morgan fingerprint density at radius 1 is 1.17 bits per heavy atom. The van der Waals surface area contributed by atoms with Crippen molar-refractivity contribution in [2.24, 2.45) is 0 Å². The Kier molecular flexibility index (Phi) is 5.37. The minimum Gasteiger partial charge on any atom is -0.303 e. The van der Waals surface area contributed by atoms with E-state index in [4.69, 9.17) is 0 Å². The number of nitrogens with zero attached hydrogens (tertiary/aromatic N) is 3. The van der Waals surface area contributed by atoms with Crippen LogP contribution in [-0.4, -0.2) is 25.1 Å². The average molecular weight is 362 g/mol. The summed E-state index contributed by atoms with van der Waals surface area (Å²) in [6.07, 6.45) is 0.775. The maximum Gasteiger partial charge on any atom is 0.343 e. The van der Waals surface area contributed by atoms with Gasteiger partial charge in [-0.05, 0) is 18.9 Å². The third-order valence-electron chi connectivity index (χ3n) is 3.71. The standard InChI is InChI=1S/C16H18N4O2S2/c1-12-11-24-16(22)19(12)9-10-23-15-18-17-14(21)20(15)8-7-13-5-3-2-4-6-13/h2-6,11H,7-10H2,1H3,(H,17,21). The number of aromatic nitrogens is 4. The van der Waals surface area contributed by atoms with Crippen LogP contribution in [0.4, 0.5) is 0 Å². The lowest BCUT2D eigenvalue weighted by Gasteiger charge is -2.06. The lowest BCUT2D eigenvalue weighted by Crippen LogP contribution is -2.19. The molecule has 3 rings (SSSR count). The smallest absolute Gasteiger partial charge is 0.303 e. The predicted octanol–water partition coefficient (Wildman–Crippen LogP) is 2.14. The van der Waals surface area contributed by atoms with Crippen LogP contribution in [-0.2, 0) is 19.5 Å². The number of H-pyrrole nitrogens is 1. The molecular weight excluding hydrogens is 344 g/mol. The summed E-state index contributed by atoms with van der Waals surface area (Å²) in [6, 6.07) is 10.0. The van der Waals surface area contributed by atoms with Gasteiger partial charge in [-0.3, -0.25) is 9.36 Å². The van der Waals surface area contributed by atoms with Crippen molar-refractivity contribution in [3.05, 3.63) is 67.1 Å². The number of thiazole rings is 1. The minimum atomic E-state index is -0.197. The van der Waals surface area contributed by atoms with E-state index in [0.29, 0.717) is 24.0 Å². The molecule has 6 nitrogen and oxygen atoms in total. The Morgan fingerprint density at radius 2 is 1.96 bits per heavy atom. The zero-order chi connectivity index (χ0) is 16.9. The van der Waals surface area contributed by atoms with Gasteiger partial charge in [0.1, 0.15) is 0 Å². The largest absolute Gasteiger partial charge is 0.343 e. The highest BCUT2D eigenvalue weighted by Gasteiger charge is 2.10. The fourth-order valence-corrected chi connectivity index (χ4v) is 4.06. The SMILES string of the molecule is Cc1csc(=O)n1CCSc1n[nH]c(=O)n1CCc1ccccc1. The Hall–Kier alpha value is -2.06. The third kappa shape index (κ3) is 3.88. The van der Waals surface area contributed by atoms with Crippen LogP contribution in [0.3, 0.4) is 0 Å². The second-order valence-electron chi connectivity index (χ2n) is 5.34. The van der Waals surface area contributed by atoms with Gasteiger partial charge in [0.15, 0.2) is 5.16 Å². The molecule has 0 bridgehead atoms. The van der Waals surface area contributed by atoms with Gasteiger partial charge in [0.2, 0.25) is 0 Å². The summed E-state index contributed by atoms with van der Waals surface area (Å²) < 4.78 is 3.40. The molecule has 2 heterocycles. The van der Waals surface area contributed by atoms with Gasteiger partial charge in [-0.25, -0.2) is 9.89 Å². The van der Waals surface area contributed by atoms with Crippen molar-refractivity contribution in [3.63, 3.8) is 0 Å². The van der Waals surface area contributed by atoms with Gasteiger partial charge in [-0.2, -0.15) is 0 Å². The van der Waals surface area contributed by atoms with Crippen LogP contribution >= 0.6 is 23.1 Å². The van der Waals surface area contributed by atoms with Crippen LogP contribution < -0.4 is 10.6 Å². The maximum absolute atomic E-state index is 11.9. The first kappa shape index (κ1) is 16.8. The molecule has 0 spiro atoms. The quantitative estimate of drug-likeness (QED) is 0.654. The van der Waals surface area contributed by atoms with Crippen LogP contribution in [0.2, 0.25) is 0 Å². The summed E-state index contributed by atoms with van der Waals surface area (Å²) in [6.45, 7) is 3.12. The predicted molar refractivity (Wildman–Crippen MR) is 97.0 cm³/mol. The molecule has 0 atom stereocenters. The highest BCUT2D eigenvalue weighted by molar-refractivity contribution is 7.99. The number of benzene rings is 1. The number of nitrogens with one attached hydrogen (secondary N) is 1. The second kappa shape index (κ2) is 7.67. The maximum atomic E-state index is 11.9. The highest BCUT2D eigenvalue weighted by atomic mass is 32.2. The van der Waals surface area contributed by atoms with Crippen LogP contribution in [0.25, 0.3) is 0 Å². The molecule has 0 saturated heterocycles. The van der Waals surface area contributed by atoms with E-state index >= 15 is 0 Å².